The molecule has 2 unspecified atom stereocenters. The average molecular weight is 253 g/mol. The first kappa shape index (κ1) is 13.1. The van der Waals surface area contributed by atoms with Crippen molar-refractivity contribution >= 4 is 11.3 Å². The summed E-state index contributed by atoms with van der Waals surface area (Å²) in [7, 11) is 0. The first-order chi connectivity index (χ1) is 8.19. The van der Waals surface area contributed by atoms with Crippen molar-refractivity contribution in [2.75, 3.05) is 6.54 Å². The lowest BCUT2D eigenvalue weighted by molar-refractivity contribution is 0.131. The molecule has 0 aromatic carbocycles. The number of nitrogens with zero attached hydrogens (tertiary/aromatic N) is 1. The monoisotopic (exact) mass is 253 g/mol. The Kier molecular flexibility index (Phi) is 4.60. The number of rotatable bonds is 5. The predicted octanol–water partition coefficient (Wildman–Crippen LogP) is 3.05. The van der Waals surface area contributed by atoms with Crippen LogP contribution in [0, 0.1) is 0 Å². The lowest BCUT2D eigenvalue weighted by Gasteiger charge is -2.24. The maximum absolute atomic E-state index is 9.51. The molecular formula is C14H23NOS. The van der Waals surface area contributed by atoms with Crippen LogP contribution in [0.25, 0.3) is 0 Å². The minimum Gasteiger partial charge on any atom is -0.393 e. The molecule has 2 rings (SSSR count). The van der Waals surface area contributed by atoms with E-state index in [1.807, 2.05) is 18.3 Å². The molecule has 1 fully saturated rings. The van der Waals surface area contributed by atoms with Crippen LogP contribution in [0.1, 0.15) is 42.9 Å². The molecule has 1 aromatic heterocycles. The molecule has 2 heterocycles. The quantitative estimate of drug-likeness (QED) is 0.872. The van der Waals surface area contributed by atoms with Gasteiger partial charge in [0.2, 0.25) is 0 Å². The van der Waals surface area contributed by atoms with Gasteiger partial charge in [0.15, 0.2) is 0 Å². The molecule has 1 saturated heterocycles. The Hall–Kier alpha value is -0.380. The largest absolute Gasteiger partial charge is 0.393 e. The van der Waals surface area contributed by atoms with Crippen molar-refractivity contribution in [3.63, 3.8) is 0 Å². The molecule has 0 amide bonds. The van der Waals surface area contributed by atoms with E-state index in [1.165, 1.54) is 29.1 Å². The maximum Gasteiger partial charge on any atom is 0.0527 e. The van der Waals surface area contributed by atoms with Crippen molar-refractivity contribution < 1.29 is 5.11 Å². The lowest BCUT2D eigenvalue weighted by Crippen LogP contribution is -2.31. The third-order valence-electron chi connectivity index (χ3n) is 3.54. The fraction of sp³-hybridized carbons (Fsp3) is 0.714. The van der Waals surface area contributed by atoms with Gasteiger partial charge in [0.25, 0.3) is 0 Å². The van der Waals surface area contributed by atoms with Gasteiger partial charge in [0.05, 0.1) is 6.10 Å². The predicted molar refractivity (Wildman–Crippen MR) is 73.4 cm³/mol. The Morgan fingerprint density at radius 2 is 2.24 bits per heavy atom. The van der Waals surface area contributed by atoms with Crippen molar-refractivity contribution in [3.8, 4) is 0 Å². The third kappa shape index (κ3) is 3.54. The summed E-state index contributed by atoms with van der Waals surface area (Å²) in [6.07, 6.45) is 4.42. The van der Waals surface area contributed by atoms with E-state index < -0.39 is 0 Å². The highest BCUT2D eigenvalue weighted by atomic mass is 32.1. The number of hydrogen-bond donors (Lipinski definition) is 1. The van der Waals surface area contributed by atoms with Gasteiger partial charge in [-0.15, -0.1) is 11.3 Å². The number of aliphatic hydroxyl groups is 1. The van der Waals surface area contributed by atoms with Gasteiger partial charge in [-0.05, 0) is 51.3 Å². The van der Waals surface area contributed by atoms with Crippen LogP contribution in [0.15, 0.2) is 12.1 Å². The summed E-state index contributed by atoms with van der Waals surface area (Å²) < 4.78 is 0. The van der Waals surface area contributed by atoms with Crippen LogP contribution in [0.3, 0.4) is 0 Å². The van der Waals surface area contributed by atoms with Gasteiger partial charge in [0.1, 0.15) is 0 Å². The number of likely N-dealkylation sites (tertiary alicyclic amines) is 1. The van der Waals surface area contributed by atoms with E-state index >= 15 is 0 Å². The SMILES string of the molecule is CCc1ccc(CN2CCCC2CC(C)O)s1. The molecule has 0 bridgehead atoms. The Bertz CT molecular complexity index is 348. The highest BCUT2D eigenvalue weighted by Gasteiger charge is 2.25. The second-order valence-corrected chi connectivity index (χ2v) is 6.33. The first-order valence-corrected chi connectivity index (χ1v) is 7.50. The van der Waals surface area contributed by atoms with Crippen LogP contribution < -0.4 is 0 Å². The summed E-state index contributed by atoms with van der Waals surface area (Å²) in [5.41, 5.74) is 0. The highest BCUT2D eigenvalue weighted by Crippen LogP contribution is 2.26. The molecule has 0 aliphatic carbocycles. The molecule has 96 valence electrons. The summed E-state index contributed by atoms with van der Waals surface area (Å²) >= 11 is 1.94. The Morgan fingerprint density at radius 3 is 2.88 bits per heavy atom. The molecule has 1 aliphatic heterocycles. The normalized spacial score (nSPS) is 23.1. The lowest BCUT2D eigenvalue weighted by atomic mass is 10.1. The Morgan fingerprint density at radius 1 is 1.47 bits per heavy atom. The van der Waals surface area contributed by atoms with Crippen molar-refractivity contribution in [2.24, 2.45) is 0 Å². The smallest absolute Gasteiger partial charge is 0.0527 e. The summed E-state index contributed by atoms with van der Waals surface area (Å²) in [6, 6.07) is 5.10. The average Bonchev–Trinajstić information content (AvgIpc) is 2.89. The molecule has 0 spiro atoms. The van der Waals surface area contributed by atoms with E-state index in [4.69, 9.17) is 0 Å². The summed E-state index contributed by atoms with van der Waals surface area (Å²) in [5.74, 6) is 0. The third-order valence-corrected chi connectivity index (χ3v) is 4.75. The van der Waals surface area contributed by atoms with Gasteiger partial charge >= 0.3 is 0 Å². The van der Waals surface area contributed by atoms with Crippen LogP contribution in [0.4, 0.5) is 0 Å². The van der Waals surface area contributed by atoms with E-state index in [9.17, 15) is 5.11 Å². The van der Waals surface area contributed by atoms with Crippen LogP contribution in [-0.4, -0.2) is 28.7 Å². The molecule has 3 heteroatoms. The molecule has 1 aliphatic rings. The van der Waals surface area contributed by atoms with Crippen molar-refractivity contribution in [1.82, 2.24) is 4.90 Å². The van der Waals surface area contributed by atoms with Crippen molar-refractivity contribution in [3.05, 3.63) is 21.9 Å². The Labute approximate surface area is 108 Å². The minimum absolute atomic E-state index is 0.171. The van der Waals surface area contributed by atoms with Gasteiger partial charge in [-0.1, -0.05) is 6.92 Å². The summed E-state index contributed by atoms with van der Waals surface area (Å²) in [5, 5.41) is 9.51. The number of aliphatic hydroxyl groups excluding tert-OH is 1. The number of thiophene rings is 1. The molecular weight excluding hydrogens is 230 g/mol. The van der Waals surface area contributed by atoms with E-state index in [0.29, 0.717) is 6.04 Å². The topological polar surface area (TPSA) is 23.5 Å². The maximum atomic E-state index is 9.51. The summed E-state index contributed by atoms with van der Waals surface area (Å²) in [4.78, 5) is 5.49. The van der Waals surface area contributed by atoms with Gasteiger partial charge in [-0.3, -0.25) is 4.90 Å². The van der Waals surface area contributed by atoms with Gasteiger partial charge in [-0.25, -0.2) is 0 Å². The van der Waals surface area contributed by atoms with Crippen LogP contribution >= 0.6 is 11.3 Å². The highest BCUT2D eigenvalue weighted by molar-refractivity contribution is 7.11. The molecule has 2 atom stereocenters. The molecule has 1 aromatic rings. The van der Waals surface area contributed by atoms with Crippen molar-refractivity contribution in [1.29, 1.82) is 0 Å². The van der Waals surface area contributed by atoms with Crippen molar-refractivity contribution in [2.45, 2.75) is 58.2 Å². The zero-order chi connectivity index (χ0) is 12.3. The first-order valence-electron chi connectivity index (χ1n) is 6.68. The van der Waals surface area contributed by atoms with Gasteiger partial charge < -0.3 is 5.11 Å². The fourth-order valence-corrected chi connectivity index (χ4v) is 3.65. The molecule has 0 radical (unpaired) electrons. The Balaban J connectivity index is 1.92. The zero-order valence-corrected chi connectivity index (χ0v) is 11.7. The van der Waals surface area contributed by atoms with Gasteiger partial charge in [-0.2, -0.15) is 0 Å². The van der Waals surface area contributed by atoms with E-state index in [1.54, 1.807) is 0 Å². The van der Waals surface area contributed by atoms with Crippen LogP contribution in [0.2, 0.25) is 0 Å². The zero-order valence-electron chi connectivity index (χ0n) is 10.9. The number of hydrogen-bond acceptors (Lipinski definition) is 3. The minimum atomic E-state index is -0.171. The van der Waals surface area contributed by atoms with Crippen LogP contribution in [-0.2, 0) is 13.0 Å². The molecule has 1 N–H and O–H groups in total. The number of aryl methyl sites for hydroxylation is 1. The second-order valence-electron chi connectivity index (χ2n) is 5.07. The molecule has 2 nitrogen and oxygen atoms in total. The second kappa shape index (κ2) is 5.98. The molecule has 0 saturated carbocycles. The van der Waals surface area contributed by atoms with E-state index in [0.717, 1.165) is 19.4 Å². The van der Waals surface area contributed by atoms with Gasteiger partial charge in [0, 0.05) is 22.3 Å². The molecule has 17 heavy (non-hydrogen) atoms. The summed E-state index contributed by atoms with van der Waals surface area (Å²) in [6.45, 7) is 6.37. The van der Waals surface area contributed by atoms with Crippen LogP contribution in [0.5, 0.6) is 0 Å². The standard InChI is InChI=1S/C14H23NOS/c1-3-13-6-7-14(17-13)10-15-8-4-5-12(15)9-11(2)16/h6-7,11-12,16H,3-5,8-10H2,1-2H3. The van der Waals surface area contributed by atoms with E-state index in [-0.39, 0.29) is 6.10 Å². The fourth-order valence-electron chi connectivity index (χ4n) is 2.66. The van der Waals surface area contributed by atoms with E-state index in [2.05, 4.69) is 24.0 Å².